The van der Waals surface area contributed by atoms with Gasteiger partial charge in [0.05, 0.1) is 18.3 Å². The Morgan fingerprint density at radius 1 is 1.09 bits per heavy atom. The number of aromatic nitrogens is 2. The van der Waals surface area contributed by atoms with Crippen LogP contribution in [0.3, 0.4) is 0 Å². The quantitative estimate of drug-likeness (QED) is 0.441. The van der Waals surface area contributed by atoms with Crippen LogP contribution in [0.1, 0.15) is 31.4 Å². The zero-order valence-electron chi connectivity index (χ0n) is 19.6. The lowest BCUT2D eigenvalue weighted by Crippen LogP contribution is -2.35. The second-order valence-corrected chi connectivity index (χ2v) is 8.09. The number of aryl methyl sites for hydroxylation is 2. The van der Waals surface area contributed by atoms with Gasteiger partial charge in [0.25, 0.3) is 0 Å². The highest BCUT2D eigenvalue weighted by Crippen LogP contribution is 2.34. The van der Waals surface area contributed by atoms with Crippen molar-refractivity contribution in [3.8, 4) is 22.9 Å². The van der Waals surface area contributed by atoms with E-state index in [9.17, 15) is 5.11 Å². The third-order valence-corrected chi connectivity index (χ3v) is 5.24. The minimum absolute atomic E-state index is 0.335. The number of nitrogens with zero attached hydrogens (tertiary/aromatic N) is 3. The molecule has 0 radical (unpaired) electrons. The Balaban J connectivity index is 1.96. The number of ether oxygens (including phenoxy) is 2. The molecule has 172 valence electrons. The van der Waals surface area contributed by atoms with Crippen LogP contribution in [0.5, 0.6) is 11.6 Å². The molecule has 0 aliphatic carbocycles. The topological polar surface area (TPSA) is 59.8 Å². The summed E-state index contributed by atoms with van der Waals surface area (Å²) in [6.07, 6.45) is 0.440. The van der Waals surface area contributed by atoms with Crippen LogP contribution in [0, 0.1) is 6.92 Å². The molecule has 0 saturated heterocycles. The fraction of sp³-hybridized carbons (Fsp3) is 0.423. The molecular weight excluding hydrogens is 402 g/mol. The van der Waals surface area contributed by atoms with Gasteiger partial charge in [0.1, 0.15) is 11.4 Å². The highest BCUT2D eigenvalue weighted by atomic mass is 16.5. The van der Waals surface area contributed by atoms with Crippen LogP contribution in [0.25, 0.3) is 11.3 Å². The number of benzene rings is 2. The molecule has 1 heterocycles. The normalized spacial score (nSPS) is 12.3. The van der Waals surface area contributed by atoms with Crippen molar-refractivity contribution in [1.29, 1.82) is 0 Å². The van der Waals surface area contributed by atoms with E-state index in [0.29, 0.717) is 26.3 Å². The predicted octanol–water partition coefficient (Wildman–Crippen LogP) is 4.80. The molecule has 2 aromatic carbocycles. The lowest BCUT2D eigenvalue weighted by molar-refractivity contribution is 0.0195. The van der Waals surface area contributed by atoms with Gasteiger partial charge in [-0.2, -0.15) is 5.10 Å². The largest absolute Gasteiger partial charge is 0.439 e. The van der Waals surface area contributed by atoms with E-state index in [1.54, 1.807) is 4.68 Å². The van der Waals surface area contributed by atoms with Crippen molar-refractivity contribution in [2.24, 2.45) is 7.05 Å². The van der Waals surface area contributed by atoms with Gasteiger partial charge in [0.2, 0.25) is 5.88 Å². The van der Waals surface area contributed by atoms with Crippen molar-refractivity contribution < 1.29 is 14.6 Å². The maximum atomic E-state index is 10.5. The van der Waals surface area contributed by atoms with E-state index in [1.165, 1.54) is 0 Å². The molecule has 0 fully saturated rings. The summed E-state index contributed by atoms with van der Waals surface area (Å²) in [6, 6.07) is 18.2. The number of rotatable bonds is 12. The Labute approximate surface area is 191 Å². The first kappa shape index (κ1) is 24.0. The summed E-state index contributed by atoms with van der Waals surface area (Å²) in [5.74, 6) is 1.50. The standard InChI is InChI=1S/C26H35N3O3/c1-5-15-29(17-22(30)19-31-6-2)18-24-25(21-12-8-7-9-13-21)27-28(4)26(24)32-23-14-10-11-20(3)16-23/h7-14,16,22,30H,5-6,15,17-19H2,1-4H3. The molecule has 6 nitrogen and oxygen atoms in total. The van der Waals surface area contributed by atoms with Crippen molar-refractivity contribution >= 4 is 0 Å². The van der Waals surface area contributed by atoms with Crippen LogP contribution >= 0.6 is 0 Å². The van der Waals surface area contributed by atoms with Gasteiger partial charge in [0.15, 0.2) is 0 Å². The summed E-state index contributed by atoms with van der Waals surface area (Å²) in [5.41, 5.74) is 4.10. The van der Waals surface area contributed by atoms with Gasteiger partial charge < -0.3 is 14.6 Å². The van der Waals surface area contributed by atoms with Gasteiger partial charge in [-0.05, 0) is 44.5 Å². The molecule has 1 aromatic heterocycles. The summed E-state index contributed by atoms with van der Waals surface area (Å²) in [5, 5.41) is 15.3. The van der Waals surface area contributed by atoms with Crippen molar-refractivity contribution in [3.05, 3.63) is 65.7 Å². The molecule has 0 bridgehead atoms. The van der Waals surface area contributed by atoms with Crippen molar-refractivity contribution in [1.82, 2.24) is 14.7 Å². The minimum atomic E-state index is -0.542. The molecule has 1 N–H and O–H groups in total. The average Bonchev–Trinajstić information content (AvgIpc) is 3.08. The van der Waals surface area contributed by atoms with Gasteiger partial charge in [-0.3, -0.25) is 4.90 Å². The summed E-state index contributed by atoms with van der Waals surface area (Å²) >= 11 is 0. The highest BCUT2D eigenvalue weighted by molar-refractivity contribution is 5.65. The molecule has 1 atom stereocenters. The highest BCUT2D eigenvalue weighted by Gasteiger charge is 2.23. The molecule has 32 heavy (non-hydrogen) atoms. The molecule has 6 heteroatoms. The van der Waals surface area contributed by atoms with E-state index in [4.69, 9.17) is 14.6 Å². The summed E-state index contributed by atoms with van der Waals surface area (Å²) < 4.78 is 13.6. The van der Waals surface area contributed by atoms with Crippen LogP contribution in [-0.2, 0) is 18.3 Å². The number of aliphatic hydroxyl groups excluding tert-OH is 1. The van der Waals surface area contributed by atoms with Gasteiger partial charge in [-0.25, -0.2) is 4.68 Å². The van der Waals surface area contributed by atoms with Gasteiger partial charge in [0, 0.05) is 32.3 Å². The second kappa shape index (κ2) is 11.8. The van der Waals surface area contributed by atoms with Crippen molar-refractivity contribution in [2.75, 3.05) is 26.3 Å². The number of aliphatic hydroxyl groups is 1. The van der Waals surface area contributed by atoms with E-state index < -0.39 is 6.10 Å². The Morgan fingerprint density at radius 3 is 2.56 bits per heavy atom. The Kier molecular flexibility index (Phi) is 8.85. The van der Waals surface area contributed by atoms with Gasteiger partial charge in [-0.1, -0.05) is 49.4 Å². The van der Waals surface area contributed by atoms with E-state index in [0.717, 1.165) is 47.0 Å². The summed E-state index contributed by atoms with van der Waals surface area (Å²) in [7, 11) is 1.91. The predicted molar refractivity (Wildman–Crippen MR) is 128 cm³/mol. The van der Waals surface area contributed by atoms with E-state index in [1.807, 2.05) is 50.4 Å². The molecule has 3 aromatic rings. The zero-order valence-corrected chi connectivity index (χ0v) is 19.6. The van der Waals surface area contributed by atoms with E-state index in [-0.39, 0.29) is 0 Å². The average molecular weight is 438 g/mol. The number of hydrogen-bond donors (Lipinski definition) is 1. The lowest BCUT2D eigenvalue weighted by atomic mass is 10.1. The van der Waals surface area contributed by atoms with Crippen LogP contribution < -0.4 is 4.74 Å². The summed E-state index contributed by atoms with van der Waals surface area (Å²) in [4.78, 5) is 2.25. The smallest absolute Gasteiger partial charge is 0.222 e. The Hall–Kier alpha value is -2.67. The lowest BCUT2D eigenvalue weighted by Gasteiger charge is -2.25. The molecule has 1 unspecified atom stereocenters. The third kappa shape index (κ3) is 6.42. The monoisotopic (exact) mass is 437 g/mol. The fourth-order valence-corrected chi connectivity index (χ4v) is 3.82. The minimum Gasteiger partial charge on any atom is -0.439 e. The molecule has 0 spiro atoms. The molecular formula is C26H35N3O3. The summed E-state index contributed by atoms with van der Waals surface area (Å²) in [6.45, 7) is 9.07. The fourth-order valence-electron chi connectivity index (χ4n) is 3.82. The van der Waals surface area contributed by atoms with Crippen LogP contribution in [0.2, 0.25) is 0 Å². The van der Waals surface area contributed by atoms with Gasteiger partial charge >= 0.3 is 0 Å². The van der Waals surface area contributed by atoms with E-state index >= 15 is 0 Å². The molecule has 0 amide bonds. The molecule has 0 saturated carbocycles. The second-order valence-electron chi connectivity index (χ2n) is 8.09. The number of hydrogen-bond acceptors (Lipinski definition) is 5. The first-order valence-electron chi connectivity index (χ1n) is 11.4. The first-order valence-corrected chi connectivity index (χ1v) is 11.4. The van der Waals surface area contributed by atoms with Crippen molar-refractivity contribution in [2.45, 2.75) is 39.8 Å². The maximum absolute atomic E-state index is 10.5. The van der Waals surface area contributed by atoms with Crippen LogP contribution in [0.4, 0.5) is 0 Å². The molecule has 3 rings (SSSR count). The maximum Gasteiger partial charge on any atom is 0.222 e. The zero-order chi connectivity index (χ0) is 22.9. The third-order valence-electron chi connectivity index (χ3n) is 5.24. The SMILES string of the molecule is CCCN(Cc1c(-c2ccccc2)nn(C)c1Oc1cccc(C)c1)CC(O)COCC. The molecule has 0 aliphatic heterocycles. The van der Waals surface area contributed by atoms with Crippen LogP contribution in [0.15, 0.2) is 54.6 Å². The van der Waals surface area contributed by atoms with E-state index in [2.05, 4.69) is 36.9 Å². The Morgan fingerprint density at radius 2 is 1.88 bits per heavy atom. The van der Waals surface area contributed by atoms with Crippen LogP contribution in [-0.4, -0.2) is 52.2 Å². The Bertz CT molecular complexity index is 972. The van der Waals surface area contributed by atoms with Crippen molar-refractivity contribution in [3.63, 3.8) is 0 Å². The van der Waals surface area contributed by atoms with Gasteiger partial charge in [-0.15, -0.1) is 0 Å². The molecule has 0 aliphatic rings. The first-order chi connectivity index (χ1) is 15.5.